The second-order valence-electron chi connectivity index (χ2n) is 4.41. The summed E-state index contributed by atoms with van der Waals surface area (Å²) < 4.78 is 27.0. The average molecular weight is 296 g/mol. The van der Waals surface area contributed by atoms with Crippen molar-refractivity contribution < 1.29 is 8.42 Å². The molecule has 2 aromatic carbocycles. The highest BCUT2D eigenvalue weighted by molar-refractivity contribution is 7.92. The number of aryl methyl sites for hydroxylation is 2. The summed E-state index contributed by atoms with van der Waals surface area (Å²) in [6.45, 7) is 3.76. The van der Waals surface area contributed by atoms with E-state index < -0.39 is 10.0 Å². The third-order valence-corrected chi connectivity index (χ3v) is 4.51. The number of hydrogen-bond donors (Lipinski definition) is 1. The Morgan fingerprint density at radius 1 is 1.00 bits per heavy atom. The maximum atomic E-state index is 12.2. The van der Waals surface area contributed by atoms with E-state index in [4.69, 9.17) is 11.6 Å². The van der Waals surface area contributed by atoms with Gasteiger partial charge in [0.25, 0.3) is 10.0 Å². The van der Waals surface area contributed by atoms with E-state index in [-0.39, 0.29) is 9.92 Å². The Morgan fingerprint density at radius 3 is 2.32 bits per heavy atom. The van der Waals surface area contributed by atoms with Crippen LogP contribution in [0.25, 0.3) is 0 Å². The molecule has 5 heteroatoms. The summed E-state index contributed by atoms with van der Waals surface area (Å²) in [4.78, 5) is 0.0845. The lowest BCUT2D eigenvalue weighted by molar-refractivity contribution is 0.601. The summed E-state index contributed by atoms with van der Waals surface area (Å²) in [6.07, 6.45) is 0. The minimum absolute atomic E-state index is 0.0845. The predicted octanol–water partition coefficient (Wildman–Crippen LogP) is 3.76. The number of hydrogen-bond acceptors (Lipinski definition) is 2. The van der Waals surface area contributed by atoms with Gasteiger partial charge in [0, 0.05) is 5.69 Å². The van der Waals surface area contributed by atoms with Crippen LogP contribution in [0.2, 0.25) is 5.02 Å². The van der Waals surface area contributed by atoms with Crippen molar-refractivity contribution in [3.8, 4) is 0 Å². The van der Waals surface area contributed by atoms with Gasteiger partial charge >= 0.3 is 0 Å². The van der Waals surface area contributed by atoms with E-state index in [9.17, 15) is 8.42 Å². The fraction of sp³-hybridized carbons (Fsp3) is 0.143. The van der Waals surface area contributed by atoms with Crippen LogP contribution in [0.15, 0.2) is 47.4 Å². The normalized spacial score (nSPS) is 11.3. The molecular weight excluding hydrogens is 282 g/mol. The minimum Gasteiger partial charge on any atom is -0.280 e. The zero-order chi connectivity index (χ0) is 14.0. The van der Waals surface area contributed by atoms with E-state index in [0.29, 0.717) is 5.69 Å². The number of anilines is 1. The van der Waals surface area contributed by atoms with Crippen LogP contribution >= 0.6 is 11.6 Å². The van der Waals surface area contributed by atoms with Crippen molar-refractivity contribution in [3.05, 3.63) is 58.6 Å². The Kier molecular flexibility index (Phi) is 3.83. The first-order valence-electron chi connectivity index (χ1n) is 5.74. The molecule has 0 saturated carbocycles. The molecule has 2 rings (SSSR count). The molecule has 0 aliphatic carbocycles. The van der Waals surface area contributed by atoms with Crippen molar-refractivity contribution >= 4 is 27.3 Å². The highest BCUT2D eigenvalue weighted by Gasteiger charge is 2.17. The number of rotatable bonds is 3. The van der Waals surface area contributed by atoms with Crippen LogP contribution in [0.1, 0.15) is 11.1 Å². The topological polar surface area (TPSA) is 46.2 Å². The van der Waals surface area contributed by atoms with Gasteiger partial charge in [0.2, 0.25) is 0 Å². The molecule has 1 N–H and O–H groups in total. The molecule has 0 fully saturated rings. The molecule has 0 unspecified atom stereocenters. The lowest BCUT2D eigenvalue weighted by atomic mass is 10.2. The minimum atomic E-state index is -3.66. The van der Waals surface area contributed by atoms with E-state index >= 15 is 0 Å². The van der Waals surface area contributed by atoms with E-state index in [1.807, 2.05) is 19.9 Å². The monoisotopic (exact) mass is 295 g/mol. The molecule has 0 heterocycles. The van der Waals surface area contributed by atoms with Gasteiger partial charge in [-0.2, -0.15) is 0 Å². The fourth-order valence-corrected chi connectivity index (χ4v) is 3.39. The highest BCUT2D eigenvalue weighted by Crippen LogP contribution is 2.24. The molecule has 0 radical (unpaired) electrons. The molecule has 100 valence electrons. The Hall–Kier alpha value is -1.52. The van der Waals surface area contributed by atoms with Crippen LogP contribution in [0.3, 0.4) is 0 Å². The molecule has 0 amide bonds. The van der Waals surface area contributed by atoms with Crippen molar-refractivity contribution in [2.75, 3.05) is 4.72 Å². The Bertz CT molecular complexity index is 711. The summed E-state index contributed by atoms with van der Waals surface area (Å²) >= 11 is 5.99. The smallest absolute Gasteiger partial charge is 0.263 e. The molecule has 0 saturated heterocycles. The Labute approximate surface area is 118 Å². The predicted molar refractivity (Wildman–Crippen MR) is 78.2 cm³/mol. The zero-order valence-electron chi connectivity index (χ0n) is 10.6. The van der Waals surface area contributed by atoms with Gasteiger partial charge in [-0.3, -0.25) is 4.72 Å². The average Bonchev–Trinajstić information content (AvgIpc) is 2.27. The lowest BCUT2D eigenvalue weighted by Gasteiger charge is -2.10. The van der Waals surface area contributed by atoms with Crippen LogP contribution in [-0.2, 0) is 10.0 Å². The van der Waals surface area contributed by atoms with Gasteiger partial charge in [-0.15, -0.1) is 0 Å². The van der Waals surface area contributed by atoms with Gasteiger partial charge in [-0.25, -0.2) is 8.42 Å². The van der Waals surface area contributed by atoms with Gasteiger partial charge in [0.15, 0.2) is 0 Å². The summed E-state index contributed by atoms with van der Waals surface area (Å²) in [5.74, 6) is 0. The van der Waals surface area contributed by atoms with Crippen LogP contribution in [0.5, 0.6) is 0 Å². The molecule has 0 atom stereocenters. The summed E-state index contributed by atoms with van der Waals surface area (Å²) in [7, 11) is -3.66. The van der Waals surface area contributed by atoms with E-state index in [0.717, 1.165) is 11.1 Å². The zero-order valence-corrected chi connectivity index (χ0v) is 12.2. The van der Waals surface area contributed by atoms with Crippen molar-refractivity contribution in [2.45, 2.75) is 18.7 Å². The van der Waals surface area contributed by atoms with Crippen molar-refractivity contribution in [2.24, 2.45) is 0 Å². The number of nitrogens with one attached hydrogen (secondary N) is 1. The third kappa shape index (κ3) is 3.28. The van der Waals surface area contributed by atoms with E-state index in [1.54, 1.807) is 30.3 Å². The summed E-state index contributed by atoms with van der Waals surface area (Å²) in [5, 5.41) is 0.222. The second kappa shape index (κ2) is 5.23. The van der Waals surface area contributed by atoms with Crippen LogP contribution in [0.4, 0.5) is 5.69 Å². The Balaban J connectivity index is 2.38. The van der Waals surface area contributed by atoms with Gasteiger partial charge in [-0.1, -0.05) is 29.8 Å². The largest absolute Gasteiger partial charge is 0.280 e. The molecule has 3 nitrogen and oxygen atoms in total. The standard InChI is InChI=1S/C14H14ClNO2S/c1-10-4-3-5-12(8-10)16-19(17,18)14-7-6-11(2)9-13(14)15/h3-9,16H,1-2H3. The Morgan fingerprint density at radius 2 is 1.68 bits per heavy atom. The number of halogens is 1. The van der Waals surface area contributed by atoms with E-state index in [1.165, 1.54) is 6.07 Å². The first-order chi connectivity index (χ1) is 8.88. The first kappa shape index (κ1) is 13.9. The molecule has 19 heavy (non-hydrogen) atoms. The first-order valence-corrected chi connectivity index (χ1v) is 7.60. The second-order valence-corrected chi connectivity index (χ2v) is 6.47. The van der Waals surface area contributed by atoms with Gasteiger partial charge < -0.3 is 0 Å². The molecule has 0 aliphatic rings. The van der Waals surface area contributed by atoms with Crippen LogP contribution in [0, 0.1) is 13.8 Å². The van der Waals surface area contributed by atoms with E-state index in [2.05, 4.69) is 4.72 Å². The molecule has 2 aromatic rings. The van der Waals surface area contributed by atoms with Gasteiger partial charge in [0.1, 0.15) is 4.90 Å². The lowest BCUT2D eigenvalue weighted by Crippen LogP contribution is -2.13. The van der Waals surface area contributed by atoms with Gasteiger partial charge in [0.05, 0.1) is 5.02 Å². The van der Waals surface area contributed by atoms with Crippen molar-refractivity contribution in [3.63, 3.8) is 0 Å². The maximum absolute atomic E-state index is 12.2. The van der Waals surface area contributed by atoms with Crippen molar-refractivity contribution in [1.29, 1.82) is 0 Å². The SMILES string of the molecule is Cc1cccc(NS(=O)(=O)c2ccc(C)cc2Cl)c1. The fourth-order valence-electron chi connectivity index (χ4n) is 1.74. The number of sulfonamides is 1. The molecule has 0 bridgehead atoms. The molecule has 0 aliphatic heterocycles. The maximum Gasteiger partial charge on any atom is 0.263 e. The summed E-state index contributed by atoms with van der Waals surface area (Å²) in [5.41, 5.74) is 2.42. The van der Waals surface area contributed by atoms with Crippen LogP contribution < -0.4 is 4.72 Å². The van der Waals surface area contributed by atoms with Crippen LogP contribution in [-0.4, -0.2) is 8.42 Å². The molecular formula is C14H14ClNO2S. The molecule has 0 spiro atoms. The van der Waals surface area contributed by atoms with Crippen molar-refractivity contribution in [1.82, 2.24) is 0 Å². The van der Waals surface area contributed by atoms with Gasteiger partial charge in [-0.05, 0) is 49.2 Å². The quantitative estimate of drug-likeness (QED) is 0.937. The molecule has 0 aromatic heterocycles. The third-order valence-electron chi connectivity index (χ3n) is 2.65. The summed E-state index contributed by atoms with van der Waals surface area (Å²) in [6, 6.07) is 12.0. The number of benzene rings is 2. The highest BCUT2D eigenvalue weighted by atomic mass is 35.5.